The molecule has 0 aromatic carbocycles. The molecule has 8 heteroatoms. The number of ether oxygens (including phenoxy) is 1. The highest BCUT2D eigenvalue weighted by Gasteiger charge is 2.34. The Labute approximate surface area is 115 Å². The minimum atomic E-state index is -1.20. The Morgan fingerprint density at radius 2 is 2.30 bits per heavy atom. The maximum atomic E-state index is 11.1. The Morgan fingerprint density at radius 3 is 2.80 bits per heavy atom. The van der Waals surface area contributed by atoms with Gasteiger partial charge in [-0.05, 0) is 18.9 Å². The van der Waals surface area contributed by atoms with E-state index >= 15 is 0 Å². The molecule has 0 atom stereocenters. The summed E-state index contributed by atoms with van der Waals surface area (Å²) < 4.78 is 4.99. The number of methoxy groups -OCH3 is 1. The molecule has 1 fully saturated rings. The molecule has 1 aliphatic carbocycles. The van der Waals surface area contributed by atoms with Crippen molar-refractivity contribution in [2.45, 2.75) is 18.9 Å². The van der Waals surface area contributed by atoms with Crippen LogP contribution in [0.25, 0.3) is 0 Å². The van der Waals surface area contributed by atoms with Gasteiger partial charge in [-0.25, -0.2) is 9.78 Å². The Morgan fingerprint density at radius 1 is 1.60 bits per heavy atom. The summed E-state index contributed by atoms with van der Waals surface area (Å²) in [7, 11) is 1.54. The van der Waals surface area contributed by atoms with Crippen LogP contribution in [0.4, 0.5) is 11.5 Å². The first kappa shape index (κ1) is 14.2. The summed E-state index contributed by atoms with van der Waals surface area (Å²) in [5.41, 5.74) is -0.383. The second kappa shape index (κ2) is 5.83. The predicted octanol–water partition coefficient (Wildman–Crippen LogP) is 1.30. The SMILES string of the molecule is COCCN(c1nc(C(=O)O)ccc1[N+](=O)[O-])C1CC1. The van der Waals surface area contributed by atoms with Gasteiger partial charge >= 0.3 is 11.7 Å². The third-order valence-corrected chi connectivity index (χ3v) is 3.07. The van der Waals surface area contributed by atoms with Gasteiger partial charge in [-0.3, -0.25) is 10.1 Å². The lowest BCUT2D eigenvalue weighted by Crippen LogP contribution is -2.31. The van der Waals surface area contributed by atoms with E-state index in [9.17, 15) is 14.9 Å². The summed E-state index contributed by atoms with van der Waals surface area (Å²) >= 11 is 0. The maximum absolute atomic E-state index is 11.1. The molecule has 1 heterocycles. The average Bonchev–Trinajstić information content (AvgIpc) is 3.23. The Balaban J connectivity index is 2.40. The second-order valence-electron chi connectivity index (χ2n) is 4.52. The zero-order chi connectivity index (χ0) is 14.7. The highest BCUT2D eigenvalue weighted by atomic mass is 16.6. The van der Waals surface area contributed by atoms with Gasteiger partial charge in [0, 0.05) is 25.8 Å². The van der Waals surface area contributed by atoms with Crippen LogP contribution in [0, 0.1) is 10.1 Å². The van der Waals surface area contributed by atoms with Crippen LogP contribution in [-0.2, 0) is 4.74 Å². The molecule has 0 unspecified atom stereocenters. The fourth-order valence-electron chi connectivity index (χ4n) is 1.95. The van der Waals surface area contributed by atoms with Crippen molar-refractivity contribution in [1.82, 2.24) is 4.98 Å². The Hall–Kier alpha value is -2.22. The van der Waals surface area contributed by atoms with Gasteiger partial charge in [0.05, 0.1) is 11.5 Å². The lowest BCUT2D eigenvalue weighted by Gasteiger charge is -2.22. The second-order valence-corrected chi connectivity index (χ2v) is 4.52. The molecule has 20 heavy (non-hydrogen) atoms. The largest absolute Gasteiger partial charge is 0.477 e. The van der Waals surface area contributed by atoms with Gasteiger partial charge in [-0.1, -0.05) is 0 Å². The summed E-state index contributed by atoms with van der Waals surface area (Å²) in [6, 6.07) is 2.50. The average molecular weight is 281 g/mol. The molecule has 108 valence electrons. The third kappa shape index (κ3) is 3.02. The van der Waals surface area contributed by atoms with Crippen molar-refractivity contribution in [2.24, 2.45) is 0 Å². The molecule has 0 saturated heterocycles. The minimum absolute atomic E-state index is 0.106. The van der Waals surface area contributed by atoms with E-state index in [1.807, 2.05) is 0 Å². The van der Waals surface area contributed by atoms with Crippen molar-refractivity contribution in [1.29, 1.82) is 0 Å². The number of carboxylic acid groups (broad SMARTS) is 1. The summed E-state index contributed by atoms with van der Waals surface area (Å²) in [5, 5.41) is 20.1. The van der Waals surface area contributed by atoms with Gasteiger partial charge < -0.3 is 14.7 Å². The zero-order valence-electron chi connectivity index (χ0n) is 11.0. The number of pyridine rings is 1. The number of nitro groups is 1. The number of nitrogens with zero attached hydrogens (tertiary/aromatic N) is 3. The molecular formula is C12H15N3O5. The van der Waals surface area contributed by atoms with Crippen molar-refractivity contribution in [3.63, 3.8) is 0 Å². The zero-order valence-corrected chi connectivity index (χ0v) is 11.0. The van der Waals surface area contributed by atoms with Crippen LogP contribution in [0.2, 0.25) is 0 Å². The molecule has 1 aromatic rings. The lowest BCUT2D eigenvalue weighted by atomic mass is 10.3. The van der Waals surface area contributed by atoms with Crippen molar-refractivity contribution < 1.29 is 19.6 Å². The number of rotatable bonds is 7. The van der Waals surface area contributed by atoms with Crippen molar-refractivity contribution in [2.75, 3.05) is 25.2 Å². The van der Waals surface area contributed by atoms with Gasteiger partial charge in [0.1, 0.15) is 0 Å². The number of hydrogen-bond donors (Lipinski definition) is 1. The maximum Gasteiger partial charge on any atom is 0.354 e. The molecule has 0 aliphatic heterocycles. The summed E-state index contributed by atoms with van der Waals surface area (Å²) in [6.45, 7) is 0.838. The van der Waals surface area contributed by atoms with Crippen LogP contribution in [0.15, 0.2) is 12.1 Å². The number of carbonyl (C=O) groups is 1. The first-order valence-electron chi connectivity index (χ1n) is 6.19. The van der Waals surface area contributed by atoms with Crippen molar-refractivity contribution >= 4 is 17.5 Å². The van der Waals surface area contributed by atoms with E-state index in [-0.39, 0.29) is 23.2 Å². The van der Waals surface area contributed by atoms with Crippen LogP contribution in [0.1, 0.15) is 23.3 Å². The summed E-state index contributed by atoms with van der Waals surface area (Å²) in [6.07, 6.45) is 1.83. The summed E-state index contributed by atoms with van der Waals surface area (Å²) in [5.74, 6) is -1.10. The van der Waals surface area contributed by atoms with E-state index in [4.69, 9.17) is 9.84 Å². The van der Waals surface area contributed by atoms with Gasteiger partial charge in [0.15, 0.2) is 5.69 Å². The van der Waals surface area contributed by atoms with Crippen LogP contribution in [-0.4, -0.2) is 47.3 Å². The van der Waals surface area contributed by atoms with E-state index in [1.54, 1.807) is 12.0 Å². The molecule has 0 bridgehead atoms. The molecular weight excluding hydrogens is 266 g/mol. The topological polar surface area (TPSA) is 106 Å². The molecule has 1 aromatic heterocycles. The van der Waals surface area contributed by atoms with Crippen molar-refractivity contribution in [3.8, 4) is 0 Å². The number of carboxylic acids is 1. The standard InChI is InChI=1S/C12H15N3O5/c1-20-7-6-14(8-2-3-8)11-10(15(18)19)5-4-9(13-11)12(16)17/h4-5,8H,2-3,6-7H2,1H3,(H,16,17). The van der Waals surface area contributed by atoms with Gasteiger partial charge in [-0.2, -0.15) is 0 Å². The number of hydrogen-bond acceptors (Lipinski definition) is 6. The number of aromatic carboxylic acids is 1. The van der Waals surface area contributed by atoms with E-state index in [1.165, 1.54) is 6.07 Å². The smallest absolute Gasteiger partial charge is 0.354 e. The molecule has 0 radical (unpaired) electrons. The van der Waals surface area contributed by atoms with E-state index in [0.717, 1.165) is 18.9 Å². The van der Waals surface area contributed by atoms with Crippen LogP contribution in [0.3, 0.4) is 0 Å². The van der Waals surface area contributed by atoms with Gasteiger partial charge in [0.25, 0.3) is 0 Å². The molecule has 2 rings (SSSR count). The molecule has 1 aliphatic rings. The van der Waals surface area contributed by atoms with Crippen LogP contribution in [0.5, 0.6) is 0 Å². The Kier molecular flexibility index (Phi) is 4.14. The quantitative estimate of drug-likeness (QED) is 0.593. The molecule has 0 amide bonds. The molecule has 0 spiro atoms. The highest BCUT2D eigenvalue weighted by Crippen LogP contribution is 2.35. The van der Waals surface area contributed by atoms with Crippen LogP contribution < -0.4 is 4.90 Å². The van der Waals surface area contributed by atoms with E-state index < -0.39 is 10.9 Å². The lowest BCUT2D eigenvalue weighted by molar-refractivity contribution is -0.384. The van der Waals surface area contributed by atoms with Gasteiger partial charge in [0.2, 0.25) is 5.82 Å². The summed E-state index contributed by atoms with van der Waals surface area (Å²) in [4.78, 5) is 27.2. The van der Waals surface area contributed by atoms with E-state index in [0.29, 0.717) is 13.2 Å². The monoisotopic (exact) mass is 281 g/mol. The molecule has 8 nitrogen and oxygen atoms in total. The van der Waals surface area contributed by atoms with E-state index in [2.05, 4.69) is 4.98 Å². The minimum Gasteiger partial charge on any atom is -0.477 e. The fraction of sp³-hybridized carbons (Fsp3) is 0.500. The first-order valence-corrected chi connectivity index (χ1v) is 6.19. The first-order chi connectivity index (χ1) is 9.54. The molecule has 1 saturated carbocycles. The van der Waals surface area contributed by atoms with Crippen LogP contribution >= 0.6 is 0 Å². The van der Waals surface area contributed by atoms with Gasteiger partial charge in [-0.15, -0.1) is 0 Å². The normalized spacial score (nSPS) is 14.1. The Bertz CT molecular complexity index is 530. The number of aromatic nitrogens is 1. The molecule has 1 N–H and O–H groups in total. The predicted molar refractivity (Wildman–Crippen MR) is 70.1 cm³/mol. The third-order valence-electron chi connectivity index (χ3n) is 3.07. The van der Waals surface area contributed by atoms with Crippen molar-refractivity contribution in [3.05, 3.63) is 27.9 Å². The highest BCUT2D eigenvalue weighted by molar-refractivity contribution is 5.86. The fourth-order valence-corrected chi connectivity index (χ4v) is 1.95. The number of anilines is 1.